The summed E-state index contributed by atoms with van der Waals surface area (Å²) >= 11 is 11.9. The van der Waals surface area contributed by atoms with Gasteiger partial charge in [-0.05, 0) is 42.9 Å². The van der Waals surface area contributed by atoms with Crippen LogP contribution in [0.3, 0.4) is 0 Å². The van der Waals surface area contributed by atoms with Crippen LogP contribution < -0.4 is 5.32 Å². The maximum Gasteiger partial charge on any atom is 0.244 e. The zero-order valence-electron chi connectivity index (χ0n) is 13.2. The van der Waals surface area contributed by atoms with Crippen LogP contribution in [0.15, 0.2) is 30.4 Å². The Kier molecular flexibility index (Phi) is 4.08. The van der Waals surface area contributed by atoms with E-state index in [-0.39, 0.29) is 42.0 Å². The Morgan fingerprint density at radius 2 is 1.68 bits per heavy atom. The summed E-state index contributed by atoms with van der Waals surface area (Å²) in [5, 5.41) is 3.39. The van der Waals surface area contributed by atoms with Crippen molar-refractivity contribution in [2.24, 2.45) is 23.7 Å². The van der Waals surface area contributed by atoms with Gasteiger partial charge in [0.15, 0.2) is 0 Å². The number of halogens is 2. The molecule has 1 aromatic rings. The van der Waals surface area contributed by atoms with Crippen molar-refractivity contribution in [3.05, 3.63) is 40.4 Å². The van der Waals surface area contributed by atoms with Crippen LogP contribution in [0.1, 0.15) is 12.8 Å². The van der Waals surface area contributed by atoms with Crippen LogP contribution in [-0.4, -0.2) is 29.2 Å². The fraction of sp³-hybridized carbons (Fsp3) is 0.389. The molecular weight excluding hydrogens is 363 g/mol. The van der Waals surface area contributed by atoms with Crippen molar-refractivity contribution >= 4 is 46.6 Å². The molecule has 25 heavy (non-hydrogen) atoms. The predicted octanol–water partition coefficient (Wildman–Crippen LogP) is 3.13. The van der Waals surface area contributed by atoms with Crippen LogP contribution in [0.5, 0.6) is 0 Å². The lowest BCUT2D eigenvalue weighted by atomic mass is 9.63. The van der Waals surface area contributed by atoms with Crippen molar-refractivity contribution in [1.29, 1.82) is 0 Å². The van der Waals surface area contributed by atoms with E-state index >= 15 is 0 Å². The van der Waals surface area contributed by atoms with Crippen LogP contribution in [-0.2, 0) is 14.4 Å². The predicted molar refractivity (Wildman–Crippen MR) is 94.1 cm³/mol. The molecule has 3 aliphatic carbocycles. The molecule has 3 amide bonds. The van der Waals surface area contributed by atoms with Gasteiger partial charge in [-0.1, -0.05) is 35.4 Å². The Balaban J connectivity index is 1.48. The number of nitrogens with one attached hydrogen (secondary N) is 1. The Morgan fingerprint density at radius 1 is 1.08 bits per heavy atom. The number of hydrogen-bond donors (Lipinski definition) is 1. The second kappa shape index (κ2) is 6.15. The van der Waals surface area contributed by atoms with E-state index in [1.807, 2.05) is 0 Å². The largest absolute Gasteiger partial charge is 0.323 e. The number of fused-ring (bicyclic) bond motifs is 1. The van der Waals surface area contributed by atoms with Gasteiger partial charge in [-0.2, -0.15) is 0 Å². The molecule has 1 heterocycles. The van der Waals surface area contributed by atoms with Gasteiger partial charge in [0.2, 0.25) is 17.7 Å². The van der Waals surface area contributed by atoms with E-state index < -0.39 is 5.91 Å². The molecule has 1 aromatic carbocycles. The van der Waals surface area contributed by atoms with Crippen LogP contribution in [0.25, 0.3) is 0 Å². The summed E-state index contributed by atoms with van der Waals surface area (Å²) in [6.07, 6.45) is 5.97. The van der Waals surface area contributed by atoms with Crippen LogP contribution in [0.2, 0.25) is 10.0 Å². The first-order valence-electron chi connectivity index (χ1n) is 8.24. The number of nitrogens with zero attached hydrogens (tertiary/aromatic N) is 1. The minimum absolute atomic E-state index is 0.116. The number of anilines is 1. The SMILES string of the molecule is O=C(CN1C(=O)[C@H]2[C@H](C1=O)[C@H]1C=C[C@H]2CC1)Nc1ccc(Cl)cc1Cl. The third-order valence-electron chi connectivity index (χ3n) is 5.36. The molecule has 130 valence electrons. The molecule has 5 rings (SSSR count). The first-order chi connectivity index (χ1) is 12.0. The maximum atomic E-state index is 12.7. The Bertz CT molecular complexity index is 776. The number of hydrogen-bond acceptors (Lipinski definition) is 3. The Hall–Kier alpha value is -1.85. The van der Waals surface area contributed by atoms with Gasteiger partial charge in [0.05, 0.1) is 22.5 Å². The van der Waals surface area contributed by atoms with Crippen molar-refractivity contribution in [1.82, 2.24) is 4.90 Å². The van der Waals surface area contributed by atoms with Gasteiger partial charge in [-0.25, -0.2) is 0 Å². The van der Waals surface area contributed by atoms with E-state index in [0.717, 1.165) is 17.7 Å². The average molecular weight is 379 g/mol. The fourth-order valence-electron chi connectivity index (χ4n) is 4.22. The molecule has 4 atom stereocenters. The molecule has 7 heteroatoms. The second-order valence-corrected chi connectivity index (χ2v) is 7.62. The van der Waals surface area contributed by atoms with Crippen molar-refractivity contribution in [3.63, 3.8) is 0 Å². The molecule has 1 aliphatic heterocycles. The topological polar surface area (TPSA) is 66.5 Å². The standard InChI is InChI=1S/C18H16Cl2N2O3/c19-11-5-6-13(12(20)7-11)21-14(23)8-22-17(24)15-9-1-2-10(4-3-9)16(15)18(22)25/h1-2,5-7,9-10,15-16H,3-4,8H2,(H,21,23)/t9-,10-,15+,16+/m0/s1. The van der Waals surface area contributed by atoms with E-state index in [4.69, 9.17) is 23.2 Å². The van der Waals surface area contributed by atoms with E-state index in [1.165, 1.54) is 6.07 Å². The highest BCUT2D eigenvalue weighted by molar-refractivity contribution is 6.36. The highest BCUT2D eigenvalue weighted by Gasteiger charge is 2.56. The quantitative estimate of drug-likeness (QED) is 0.648. The number of imide groups is 1. The van der Waals surface area contributed by atoms with Crippen LogP contribution in [0, 0.1) is 23.7 Å². The molecule has 2 fully saturated rings. The summed E-state index contributed by atoms with van der Waals surface area (Å²) in [5.74, 6) is -1.29. The smallest absolute Gasteiger partial charge is 0.244 e. The Morgan fingerprint density at radius 3 is 2.20 bits per heavy atom. The molecule has 1 N–H and O–H groups in total. The average Bonchev–Trinajstić information content (AvgIpc) is 2.85. The number of allylic oxidation sites excluding steroid dienone is 2. The van der Waals surface area contributed by atoms with Gasteiger partial charge >= 0.3 is 0 Å². The van der Waals surface area contributed by atoms with E-state index in [9.17, 15) is 14.4 Å². The first kappa shape index (κ1) is 16.6. The molecular formula is C18H16Cl2N2O3. The highest BCUT2D eigenvalue weighted by Crippen LogP contribution is 2.49. The molecule has 1 saturated carbocycles. The molecule has 0 spiro atoms. The Labute approximate surface area is 155 Å². The molecule has 0 unspecified atom stereocenters. The van der Waals surface area contributed by atoms with Gasteiger partial charge in [0, 0.05) is 5.02 Å². The molecule has 4 aliphatic rings. The third-order valence-corrected chi connectivity index (χ3v) is 5.91. The van der Waals surface area contributed by atoms with Crippen molar-refractivity contribution in [2.45, 2.75) is 12.8 Å². The lowest BCUT2D eigenvalue weighted by Gasteiger charge is -2.38. The second-order valence-electron chi connectivity index (χ2n) is 6.78. The van der Waals surface area contributed by atoms with Gasteiger partial charge < -0.3 is 5.32 Å². The van der Waals surface area contributed by atoms with Crippen molar-refractivity contribution < 1.29 is 14.4 Å². The van der Waals surface area contributed by atoms with Crippen LogP contribution in [0.4, 0.5) is 5.69 Å². The van der Waals surface area contributed by atoms with E-state index in [1.54, 1.807) is 12.1 Å². The minimum atomic E-state index is -0.454. The summed E-state index contributed by atoms with van der Waals surface area (Å²) in [4.78, 5) is 38.8. The van der Waals surface area contributed by atoms with Gasteiger partial charge in [0.25, 0.3) is 0 Å². The van der Waals surface area contributed by atoms with Gasteiger partial charge in [-0.15, -0.1) is 0 Å². The summed E-state index contributed by atoms with van der Waals surface area (Å²) < 4.78 is 0. The van der Waals surface area contributed by atoms with Crippen LogP contribution >= 0.6 is 23.2 Å². The zero-order chi connectivity index (χ0) is 17.7. The number of amides is 3. The number of rotatable bonds is 3. The molecule has 5 nitrogen and oxygen atoms in total. The summed E-state index contributed by atoms with van der Waals surface area (Å²) in [6.45, 7) is -0.289. The van der Waals surface area contributed by atoms with Crippen molar-refractivity contribution in [2.75, 3.05) is 11.9 Å². The van der Waals surface area contributed by atoms with Gasteiger partial charge in [-0.3, -0.25) is 19.3 Å². The third kappa shape index (κ3) is 2.75. The lowest BCUT2D eigenvalue weighted by Crippen LogP contribution is -2.38. The first-order valence-corrected chi connectivity index (χ1v) is 9.00. The monoisotopic (exact) mass is 378 g/mol. The minimum Gasteiger partial charge on any atom is -0.323 e. The van der Waals surface area contributed by atoms with Gasteiger partial charge in [0.1, 0.15) is 6.54 Å². The zero-order valence-corrected chi connectivity index (χ0v) is 14.8. The lowest BCUT2D eigenvalue weighted by molar-refractivity contribution is -0.142. The molecule has 1 saturated heterocycles. The molecule has 0 radical (unpaired) electrons. The summed E-state index contributed by atoms with van der Waals surface area (Å²) in [6, 6.07) is 4.70. The number of carbonyl (C=O) groups excluding carboxylic acids is 3. The fourth-order valence-corrected chi connectivity index (χ4v) is 4.67. The summed E-state index contributed by atoms with van der Waals surface area (Å²) in [5.41, 5.74) is 0.398. The van der Waals surface area contributed by atoms with E-state index in [2.05, 4.69) is 17.5 Å². The normalized spacial score (nSPS) is 29.9. The summed E-state index contributed by atoms with van der Waals surface area (Å²) in [7, 11) is 0. The maximum absolute atomic E-state index is 12.7. The molecule has 2 bridgehead atoms. The molecule has 0 aromatic heterocycles. The van der Waals surface area contributed by atoms with E-state index in [0.29, 0.717) is 15.7 Å². The van der Waals surface area contributed by atoms with Crippen molar-refractivity contribution in [3.8, 4) is 0 Å². The highest BCUT2D eigenvalue weighted by atomic mass is 35.5. The number of benzene rings is 1. The number of likely N-dealkylation sites (tertiary alicyclic amines) is 1. The number of carbonyl (C=O) groups is 3.